The lowest BCUT2D eigenvalue weighted by atomic mass is 9.61. The average molecular weight is 264 g/mol. The Morgan fingerprint density at radius 3 is 2.68 bits per heavy atom. The van der Waals surface area contributed by atoms with E-state index >= 15 is 0 Å². The molecule has 0 radical (unpaired) electrons. The van der Waals surface area contributed by atoms with Gasteiger partial charge in [-0.15, -0.1) is 0 Å². The van der Waals surface area contributed by atoms with Crippen LogP contribution in [-0.4, -0.2) is 30.7 Å². The van der Waals surface area contributed by atoms with Gasteiger partial charge < -0.3 is 9.47 Å². The molecule has 0 fully saturated rings. The van der Waals surface area contributed by atoms with Gasteiger partial charge in [-0.2, -0.15) is 0 Å². The number of esters is 1. The number of allylic oxidation sites excluding steroid dienone is 3. The van der Waals surface area contributed by atoms with Gasteiger partial charge in [0.2, 0.25) is 5.78 Å². The highest BCUT2D eigenvalue weighted by Gasteiger charge is 2.55. The third-order valence-electron chi connectivity index (χ3n) is 3.84. The summed E-state index contributed by atoms with van der Waals surface area (Å²) in [4.78, 5) is 35.7. The average Bonchev–Trinajstić information content (AvgIpc) is 2.35. The molecule has 5 nitrogen and oxygen atoms in total. The number of Topliss-reactive ketones (excluding diaryl/α,β-unsaturated/α-hetero) is 1. The Kier molecular flexibility index (Phi) is 3.30. The minimum absolute atomic E-state index is 0.0243. The Morgan fingerprint density at radius 1 is 1.42 bits per heavy atom. The molecule has 0 heterocycles. The third-order valence-corrected chi connectivity index (χ3v) is 3.84. The maximum atomic E-state index is 12.5. The second-order valence-corrected chi connectivity index (χ2v) is 4.97. The summed E-state index contributed by atoms with van der Waals surface area (Å²) in [5, 5.41) is 0. The lowest BCUT2D eigenvalue weighted by Gasteiger charge is -2.43. The molecule has 0 unspecified atom stereocenters. The summed E-state index contributed by atoms with van der Waals surface area (Å²) < 4.78 is 10.2. The molecule has 0 spiro atoms. The van der Waals surface area contributed by atoms with Gasteiger partial charge in [0.1, 0.15) is 6.10 Å². The highest BCUT2D eigenvalue weighted by atomic mass is 16.5. The van der Waals surface area contributed by atoms with Gasteiger partial charge in [-0.3, -0.25) is 14.4 Å². The van der Waals surface area contributed by atoms with Gasteiger partial charge in [0.05, 0.1) is 12.5 Å². The molecule has 0 amide bonds. The molecule has 0 bridgehead atoms. The standard InChI is InChI=1S/C14H16O5/c1-8(15)19-12-6-4-5-9-10(16)7-11(18-3)13(17)14(9,12)2/h4,6-7,9,12H,5H2,1-3H3/t9-,12-,14+/m0/s1. The van der Waals surface area contributed by atoms with Gasteiger partial charge in [0, 0.05) is 18.9 Å². The van der Waals surface area contributed by atoms with Crippen molar-refractivity contribution in [2.45, 2.75) is 26.4 Å². The largest absolute Gasteiger partial charge is 0.493 e. The minimum Gasteiger partial charge on any atom is -0.493 e. The van der Waals surface area contributed by atoms with Gasteiger partial charge in [-0.25, -0.2) is 0 Å². The summed E-state index contributed by atoms with van der Waals surface area (Å²) in [5.41, 5.74) is -1.09. The summed E-state index contributed by atoms with van der Waals surface area (Å²) in [6.07, 6.45) is 4.41. The van der Waals surface area contributed by atoms with Crippen LogP contribution in [0.1, 0.15) is 20.3 Å². The van der Waals surface area contributed by atoms with E-state index in [1.807, 2.05) is 0 Å². The van der Waals surface area contributed by atoms with Crippen molar-refractivity contribution in [1.29, 1.82) is 0 Å². The van der Waals surface area contributed by atoms with Crippen LogP contribution in [0.4, 0.5) is 0 Å². The van der Waals surface area contributed by atoms with Gasteiger partial charge in [0.15, 0.2) is 11.5 Å². The van der Waals surface area contributed by atoms with Crippen LogP contribution < -0.4 is 0 Å². The first-order valence-electron chi connectivity index (χ1n) is 6.09. The highest BCUT2D eigenvalue weighted by Crippen LogP contribution is 2.45. The van der Waals surface area contributed by atoms with E-state index in [4.69, 9.17) is 9.47 Å². The van der Waals surface area contributed by atoms with Crippen molar-refractivity contribution in [3.63, 3.8) is 0 Å². The maximum Gasteiger partial charge on any atom is 0.303 e. The van der Waals surface area contributed by atoms with Crippen molar-refractivity contribution >= 4 is 17.5 Å². The summed E-state index contributed by atoms with van der Waals surface area (Å²) >= 11 is 0. The number of ether oxygens (including phenoxy) is 2. The molecule has 2 aliphatic carbocycles. The van der Waals surface area contributed by atoms with E-state index in [0.717, 1.165) is 0 Å². The number of carbonyl (C=O) groups excluding carboxylic acids is 3. The molecule has 19 heavy (non-hydrogen) atoms. The quantitative estimate of drug-likeness (QED) is 0.553. The Labute approximate surface area is 111 Å². The molecule has 2 aliphatic rings. The van der Waals surface area contributed by atoms with Crippen molar-refractivity contribution in [2.24, 2.45) is 11.3 Å². The number of hydrogen-bond donors (Lipinski definition) is 0. The van der Waals surface area contributed by atoms with E-state index in [1.54, 1.807) is 19.1 Å². The third kappa shape index (κ3) is 1.99. The SMILES string of the molecule is COC1=CC(=O)[C@@H]2CC=C[C@H](OC(C)=O)[C@]2(C)C1=O. The number of ketones is 2. The number of methoxy groups -OCH3 is 1. The zero-order valence-corrected chi connectivity index (χ0v) is 11.1. The summed E-state index contributed by atoms with van der Waals surface area (Å²) in [7, 11) is 1.35. The van der Waals surface area contributed by atoms with E-state index in [1.165, 1.54) is 20.1 Å². The number of rotatable bonds is 2. The van der Waals surface area contributed by atoms with Gasteiger partial charge >= 0.3 is 5.97 Å². The van der Waals surface area contributed by atoms with E-state index in [9.17, 15) is 14.4 Å². The Hall–Kier alpha value is -1.91. The second kappa shape index (κ2) is 4.64. The molecule has 0 aromatic rings. The monoisotopic (exact) mass is 264 g/mol. The van der Waals surface area contributed by atoms with Gasteiger partial charge in [-0.05, 0) is 19.4 Å². The first-order valence-corrected chi connectivity index (χ1v) is 6.09. The summed E-state index contributed by atoms with van der Waals surface area (Å²) in [6.45, 7) is 2.93. The molecule has 0 aliphatic heterocycles. The maximum absolute atomic E-state index is 12.5. The molecule has 3 atom stereocenters. The molecule has 0 saturated carbocycles. The number of carbonyl (C=O) groups is 3. The van der Waals surface area contributed by atoms with E-state index < -0.39 is 23.4 Å². The molecule has 2 rings (SSSR count). The van der Waals surface area contributed by atoms with Crippen molar-refractivity contribution < 1.29 is 23.9 Å². The fourth-order valence-electron chi connectivity index (χ4n) is 2.73. The molecule has 0 saturated heterocycles. The molecule has 0 aromatic heterocycles. The molecule has 5 heteroatoms. The van der Waals surface area contributed by atoms with E-state index in [2.05, 4.69) is 0 Å². The van der Waals surface area contributed by atoms with Gasteiger partial charge in [0.25, 0.3) is 0 Å². The van der Waals surface area contributed by atoms with Crippen molar-refractivity contribution in [1.82, 2.24) is 0 Å². The van der Waals surface area contributed by atoms with Crippen LogP contribution in [0.2, 0.25) is 0 Å². The van der Waals surface area contributed by atoms with Crippen LogP contribution in [-0.2, 0) is 23.9 Å². The fourth-order valence-corrected chi connectivity index (χ4v) is 2.73. The topological polar surface area (TPSA) is 69.7 Å². The minimum atomic E-state index is -1.09. The van der Waals surface area contributed by atoms with Crippen LogP contribution in [0, 0.1) is 11.3 Å². The van der Waals surface area contributed by atoms with Crippen molar-refractivity contribution in [3.05, 3.63) is 24.0 Å². The molecule has 0 N–H and O–H groups in total. The summed E-state index contributed by atoms with van der Waals surface area (Å²) in [6, 6.07) is 0. The van der Waals surface area contributed by atoms with Crippen LogP contribution in [0.5, 0.6) is 0 Å². The first kappa shape index (κ1) is 13.5. The van der Waals surface area contributed by atoms with Crippen molar-refractivity contribution in [2.75, 3.05) is 7.11 Å². The lowest BCUT2D eigenvalue weighted by molar-refractivity contribution is -0.160. The van der Waals surface area contributed by atoms with E-state index in [0.29, 0.717) is 6.42 Å². The molecule has 0 aromatic carbocycles. The molecular weight excluding hydrogens is 248 g/mol. The van der Waals surface area contributed by atoms with E-state index in [-0.39, 0.29) is 17.3 Å². The second-order valence-electron chi connectivity index (χ2n) is 4.97. The summed E-state index contributed by atoms with van der Waals surface area (Å²) in [5.74, 6) is -1.43. The predicted octanol–water partition coefficient (Wildman–Crippen LogP) is 1.18. The Bertz CT molecular complexity index is 502. The van der Waals surface area contributed by atoms with Crippen LogP contribution in [0.25, 0.3) is 0 Å². The number of hydrogen-bond acceptors (Lipinski definition) is 5. The highest BCUT2D eigenvalue weighted by molar-refractivity contribution is 6.12. The smallest absolute Gasteiger partial charge is 0.303 e. The fraction of sp³-hybridized carbons (Fsp3) is 0.500. The first-order chi connectivity index (χ1) is 8.91. The predicted molar refractivity (Wildman–Crippen MR) is 66.0 cm³/mol. The van der Waals surface area contributed by atoms with Crippen LogP contribution in [0.3, 0.4) is 0 Å². The van der Waals surface area contributed by atoms with Crippen LogP contribution in [0.15, 0.2) is 24.0 Å². The molecule has 102 valence electrons. The van der Waals surface area contributed by atoms with Gasteiger partial charge in [-0.1, -0.05) is 6.08 Å². The molecular formula is C14H16O5. The normalized spacial score (nSPS) is 33.5. The van der Waals surface area contributed by atoms with Crippen LogP contribution >= 0.6 is 0 Å². The van der Waals surface area contributed by atoms with Crippen molar-refractivity contribution in [3.8, 4) is 0 Å². The zero-order valence-electron chi connectivity index (χ0n) is 11.1. The Morgan fingerprint density at radius 2 is 2.11 bits per heavy atom. The lowest BCUT2D eigenvalue weighted by Crippen LogP contribution is -2.53. The Balaban J connectivity index is 2.48. The number of fused-ring (bicyclic) bond motifs is 1. The zero-order chi connectivity index (χ0) is 14.2.